The van der Waals surface area contributed by atoms with E-state index in [1.165, 1.54) is 5.56 Å². The van der Waals surface area contributed by atoms with Gasteiger partial charge >= 0.3 is 10.3 Å². The molecule has 1 aliphatic heterocycles. The Morgan fingerprint density at radius 3 is 2.77 bits per heavy atom. The number of carbonyl (C=O) groups excluding carboxylic acids is 2. The molecule has 0 bridgehead atoms. The number of aryl methyl sites for hydroxylation is 1. The summed E-state index contributed by atoms with van der Waals surface area (Å²) >= 11 is 0. The molecule has 1 aromatic carbocycles. The summed E-state index contributed by atoms with van der Waals surface area (Å²) < 4.78 is 27.1. The van der Waals surface area contributed by atoms with Crippen LogP contribution in [0.1, 0.15) is 49.7 Å². The van der Waals surface area contributed by atoms with Crippen LogP contribution in [-0.2, 0) is 26.3 Å². The summed E-state index contributed by atoms with van der Waals surface area (Å²) in [7, 11) is -4.05. The second-order valence-corrected chi connectivity index (χ2v) is 9.04. The highest BCUT2D eigenvalue weighted by molar-refractivity contribution is 7.84. The predicted octanol–water partition coefficient (Wildman–Crippen LogP) is 1.38. The topological polar surface area (TPSA) is 116 Å². The Kier molecular flexibility index (Phi) is 3.89. The van der Waals surface area contributed by atoms with E-state index in [2.05, 4.69) is 5.32 Å². The van der Waals surface area contributed by atoms with Gasteiger partial charge in [0.05, 0.1) is 5.41 Å². The summed E-state index contributed by atoms with van der Waals surface area (Å²) in [5.74, 6) is 0.509. The Hall–Kier alpha value is -1.93. The zero-order chi connectivity index (χ0) is 18.7. The van der Waals surface area contributed by atoms with E-state index in [1.807, 2.05) is 13.0 Å². The molecule has 2 fully saturated rings. The number of carbonyl (C=O) groups is 2. The molecule has 0 spiro atoms. The highest BCUT2D eigenvalue weighted by Crippen LogP contribution is 2.57. The fraction of sp³-hybridized carbons (Fsp3) is 0.556. The van der Waals surface area contributed by atoms with Crippen LogP contribution in [0.5, 0.6) is 5.75 Å². The lowest BCUT2D eigenvalue weighted by Crippen LogP contribution is -2.57. The van der Waals surface area contributed by atoms with Crippen LogP contribution in [0.4, 0.5) is 0 Å². The molecule has 0 radical (unpaired) electrons. The second kappa shape index (κ2) is 5.79. The maximum atomic E-state index is 12.4. The molecule has 0 aromatic heterocycles. The zero-order valence-electron chi connectivity index (χ0n) is 14.5. The third kappa shape index (κ3) is 2.81. The second-order valence-electron chi connectivity index (χ2n) is 7.89. The van der Waals surface area contributed by atoms with Gasteiger partial charge in [-0.3, -0.25) is 14.9 Å². The molecule has 140 valence electrons. The number of hydrogen-bond acceptors (Lipinski definition) is 5. The molecule has 1 saturated heterocycles. The first-order valence-electron chi connectivity index (χ1n) is 8.87. The average Bonchev–Trinajstić information content (AvgIpc) is 2.54. The van der Waals surface area contributed by atoms with Gasteiger partial charge in [-0.05, 0) is 66.7 Å². The van der Waals surface area contributed by atoms with Crippen molar-refractivity contribution in [3.8, 4) is 5.75 Å². The third-order valence-electron chi connectivity index (χ3n) is 6.48. The number of imide groups is 1. The van der Waals surface area contributed by atoms with E-state index in [1.54, 1.807) is 12.1 Å². The van der Waals surface area contributed by atoms with Crippen LogP contribution >= 0.6 is 0 Å². The van der Waals surface area contributed by atoms with E-state index in [0.29, 0.717) is 6.42 Å². The number of hydrogen-bond donors (Lipinski definition) is 2. The van der Waals surface area contributed by atoms with Crippen molar-refractivity contribution in [1.82, 2.24) is 5.32 Å². The Morgan fingerprint density at radius 2 is 2.04 bits per heavy atom. The van der Waals surface area contributed by atoms with Crippen LogP contribution in [-0.4, -0.2) is 20.2 Å². The predicted molar refractivity (Wildman–Crippen MR) is 93.3 cm³/mol. The van der Waals surface area contributed by atoms with Crippen LogP contribution in [0.25, 0.3) is 0 Å². The zero-order valence-corrected chi connectivity index (χ0v) is 15.3. The van der Waals surface area contributed by atoms with Crippen LogP contribution in [0.15, 0.2) is 18.2 Å². The van der Waals surface area contributed by atoms with Gasteiger partial charge in [0, 0.05) is 6.42 Å². The molecule has 3 N–H and O–H groups in total. The van der Waals surface area contributed by atoms with Crippen molar-refractivity contribution in [2.45, 2.75) is 44.9 Å². The highest BCUT2D eigenvalue weighted by atomic mass is 32.2. The molecule has 3 unspecified atom stereocenters. The summed E-state index contributed by atoms with van der Waals surface area (Å²) in [5.41, 5.74) is 1.74. The molecule has 4 rings (SSSR count). The van der Waals surface area contributed by atoms with Crippen molar-refractivity contribution in [3.63, 3.8) is 0 Å². The summed E-state index contributed by atoms with van der Waals surface area (Å²) in [6.45, 7) is 1.98. The van der Waals surface area contributed by atoms with E-state index in [4.69, 9.17) is 9.32 Å². The summed E-state index contributed by atoms with van der Waals surface area (Å²) in [5, 5.41) is 7.44. The van der Waals surface area contributed by atoms with E-state index < -0.39 is 15.7 Å². The van der Waals surface area contributed by atoms with Gasteiger partial charge in [-0.15, -0.1) is 0 Å². The van der Waals surface area contributed by atoms with Gasteiger partial charge in [-0.2, -0.15) is 13.6 Å². The van der Waals surface area contributed by atoms with Crippen molar-refractivity contribution < 1.29 is 22.2 Å². The fourth-order valence-corrected chi connectivity index (χ4v) is 5.62. The Bertz CT molecular complexity index is 897. The molecular weight excluding hydrogens is 356 g/mol. The number of rotatable bonds is 2. The first-order valence-corrected chi connectivity index (χ1v) is 10.3. The smallest absolute Gasteiger partial charge is 0.371 e. The average molecular weight is 378 g/mol. The van der Waals surface area contributed by atoms with Crippen molar-refractivity contribution in [1.29, 1.82) is 0 Å². The Labute approximate surface area is 152 Å². The van der Waals surface area contributed by atoms with Crippen LogP contribution in [0, 0.1) is 17.3 Å². The van der Waals surface area contributed by atoms with Gasteiger partial charge in [0.25, 0.3) is 0 Å². The van der Waals surface area contributed by atoms with E-state index >= 15 is 0 Å². The SMILES string of the molecule is C[C@]12CCC3c4ccc(OS(N)(=O)=O)cc4CCC3C1CC(=O)NC2=O. The highest BCUT2D eigenvalue weighted by Gasteiger charge is 2.54. The van der Waals surface area contributed by atoms with E-state index in [9.17, 15) is 18.0 Å². The molecule has 8 heteroatoms. The lowest BCUT2D eigenvalue weighted by molar-refractivity contribution is -0.151. The number of nitrogens with two attached hydrogens (primary N) is 1. The standard InChI is InChI=1S/C18H22N2O5S/c1-18-7-6-13-12-5-3-11(25-26(19,23)24)8-10(12)2-4-14(13)15(18)9-16(21)20-17(18)22/h3,5,8,13-15H,2,4,6-7,9H2,1H3,(H2,19,23,24)(H,20,21,22)/t13?,14?,15?,18-/m0/s1. The Balaban J connectivity index is 1.66. The minimum atomic E-state index is -4.05. The molecule has 1 aromatic rings. The summed E-state index contributed by atoms with van der Waals surface area (Å²) in [6.07, 6.45) is 3.65. The third-order valence-corrected chi connectivity index (χ3v) is 6.90. The van der Waals surface area contributed by atoms with Crippen molar-refractivity contribution in [3.05, 3.63) is 29.3 Å². The maximum Gasteiger partial charge on any atom is 0.380 e. The lowest BCUT2D eigenvalue weighted by atomic mass is 9.52. The molecule has 7 nitrogen and oxygen atoms in total. The van der Waals surface area contributed by atoms with Crippen LogP contribution in [0.2, 0.25) is 0 Å². The molecule has 3 aliphatic rings. The maximum absolute atomic E-state index is 12.4. The molecule has 2 amide bonds. The number of benzene rings is 1. The van der Waals surface area contributed by atoms with Gasteiger partial charge < -0.3 is 4.18 Å². The van der Waals surface area contributed by atoms with Crippen molar-refractivity contribution in [2.75, 3.05) is 0 Å². The molecule has 1 heterocycles. The minimum Gasteiger partial charge on any atom is -0.371 e. The normalized spacial score (nSPS) is 33.5. The van der Waals surface area contributed by atoms with Gasteiger partial charge in [-0.1, -0.05) is 13.0 Å². The molecular formula is C18H22N2O5S. The van der Waals surface area contributed by atoms with Crippen molar-refractivity contribution in [2.24, 2.45) is 22.4 Å². The monoisotopic (exact) mass is 378 g/mol. The molecule has 2 aliphatic carbocycles. The van der Waals surface area contributed by atoms with E-state index in [-0.39, 0.29) is 35.3 Å². The van der Waals surface area contributed by atoms with Gasteiger partial charge in [0.1, 0.15) is 5.75 Å². The van der Waals surface area contributed by atoms with Gasteiger partial charge in [0.2, 0.25) is 11.8 Å². The molecule has 1 saturated carbocycles. The largest absolute Gasteiger partial charge is 0.380 e. The summed E-state index contributed by atoms with van der Waals surface area (Å²) in [4.78, 5) is 24.4. The van der Waals surface area contributed by atoms with Gasteiger partial charge in [-0.25, -0.2) is 0 Å². The Morgan fingerprint density at radius 1 is 1.27 bits per heavy atom. The van der Waals surface area contributed by atoms with Crippen molar-refractivity contribution >= 4 is 22.1 Å². The van der Waals surface area contributed by atoms with Crippen LogP contribution in [0.3, 0.4) is 0 Å². The number of nitrogens with one attached hydrogen (secondary N) is 1. The fourth-order valence-electron chi connectivity index (χ4n) is 5.24. The van der Waals surface area contributed by atoms with Crippen LogP contribution < -0.4 is 14.6 Å². The lowest BCUT2D eigenvalue weighted by Gasteiger charge is -2.52. The number of piperidine rings is 1. The first kappa shape index (κ1) is 17.5. The first-order chi connectivity index (χ1) is 12.2. The van der Waals surface area contributed by atoms with Gasteiger partial charge in [0.15, 0.2) is 0 Å². The number of fused-ring (bicyclic) bond motifs is 5. The quantitative estimate of drug-likeness (QED) is 0.754. The number of amides is 2. The molecule has 26 heavy (non-hydrogen) atoms. The summed E-state index contributed by atoms with van der Waals surface area (Å²) in [6, 6.07) is 5.26. The van der Waals surface area contributed by atoms with E-state index in [0.717, 1.165) is 31.2 Å². The minimum absolute atomic E-state index is 0.0518. The molecule has 4 atom stereocenters.